The fraction of sp³-hybridized carbons (Fsp3) is 0.857. The van der Waals surface area contributed by atoms with Crippen molar-refractivity contribution in [1.82, 2.24) is 0 Å². The van der Waals surface area contributed by atoms with Gasteiger partial charge in [-0.3, -0.25) is 4.79 Å². The minimum absolute atomic E-state index is 0.164. The number of carbonyl (C=O) groups is 1. The van der Waals surface area contributed by atoms with Crippen molar-refractivity contribution in [2.24, 2.45) is 0 Å². The highest BCUT2D eigenvalue weighted by molar-refractivity contribution is 8.01. The van der Waals surface area contributed by atoms with Crippen molar-refractivity contribution in [1.29, 1.82) is 0 Å². The number of ketones is 1. The summed E-state index contributed by atoms with van der Waals surface area (Å²) in [6, 6.07) is 0. The van der Waals surface area contributed by atoms with Crippen LogP contribution in [0.4, 0.5) is 0 Å². The maximum Gasteiger partial charge on any atom is 0.145 e. The third-order valence-electron chi connectivity index (χ3n) is 1.26. The van der Waals surface area contributed by atoms with Crippen molar-refractivity contribution >= 4 is 30.2 Å². The van der Waals surface area contributed by atoms with Crippen LogP contribution in [-0.4, -0.2) is 22.5 Å². The Hall–Kier alpha value is 0.370. The number of hydrogen-bond acceptors (Lipinski definition) is 3. The van der Waals surface area contributed by atoms with Crippen LogP contribution in [0.5, 0.6) is 0 Å². The van der Waals surface area contributed by atoms with E-state index in [0.29, 0.717) is 12.2 Å². The summed E-state index contributed by atoms with van der Waals surface area (Å²) in [6.45, 7) is 3.86. The SMILES string of the molecule is CCC(=O)C(C)SCCS. The molecule has 0 radical (unpaired) electrons. The van der Waals surface area contributed by atoms with E-state index in [0.717, 1.165) is 11.5 Å². The quantitative estimate of drug-likeness (QED) is 0.649. The maximum absolute atomic E-state index is 11.0. The van der Waals surface area contributed by atoms with Gasteiger partial charge in [-0.25, -0.2) is 0 Å². The van der Waals surface area contributed by atoms with Crippen LogP contribution in [0.3, 0.4) is 0 Å². The van der Waals surface area contributed by atoms with Crippen LogP contribution < -0.4 is 0 Å². The average Bonchev–Trinajstić information content (AvgIpc) is 1.98. The first-order valence-corrected chi connectivity index (χ1v) is 5.15. The summed E-state index contributed by atoms with van der Waals surface area (Å²) in [5.74, 6) is 2.16. The third kappa shape index (κ3) is 4.23. The highest BCUT2D eigenvalue weighted by atomic mass is 32.2. The number of thioether (sulfide) groups is 1. The van der Waals surface area contributed by atoms with Gasteiger partial charge in [0.25, 0.3) is 0 Å². The molecule has 0 spiro atoms. The van der Waals surface area contributed by atoms with Crippen LogP contribution in [0.25, 0.3) is 0 Å². The molecule has 0 aromatic rings. The summed E-state index contributed by atoms with van der Waals surface area (Å²) in [5, 5.41) is 0.164. The molecule has 0 aromatic heterocycles. The first-order valence-electron chi connectivity index (χ1n) is 3.47. The second-order valence-corrected chi connectivity index (χ2v) is 3.95. The van der Waals surface area contributed by atoms with E-state index in [1.165, 1.54) is 0 Å². The lowest BCUT2D eigenvalue weighted by Gasteiger charge is -2.06. The van der Waals surface area contributed by atoms with E-state index < -0.39 is 0 Å². The molecule has 60 valence electrons. The summed E-state index contributed by atoms with van der Waals surface area (Å²) < 4.78 is 0. The third-order valence-corrected chi connectivity index (χ3v) is 2.99. The van der Waals surface area contributed by atoms with Gasteiger partial charge in [0.1, 0.15) is 5.78 Å². The molecule has 0 saturated carbocycles. The molecular weight excluding hydrogens is 164 g/mol. The van der Waals surface area contributed by atoms with Crippen molar-refractivity contribution in [2.45, 2.75) is 25.5 Å². The highest BCUT2D eigenvalue weighted by Gasteiger charge is 2.09. The van der Waals surface area contributed by atoms with Crippen LogP contribution in [-0.2, 0) is 4.79 Å². The normalized spacial score (nSPS) is 13.1. The van der Waals surface area contributed by atoms with E-state index in [-0.39, 0.29) is 5.25 Å². The monoisotopic (exact) mass is 178 g/mol. The Morgan fingerprint density at radius 1 is 1.70 bits per heavy atom. The van der Waals surface area contributed by atoms with Crippen LogP contribution in [0, 0.1) is 0 Å². The Bertz CT molecular complexity index is 104. The summed E-state index contributed by atoms with van der Waals surface area (Å²) in [7, 11) is 0. The molecule has 1 atom stereocenters. The summed E-state index contributed by atoms with van der Waals surface area (Å²) >= 11 is 5.74. The van der Waals surface area contributed by atoms with E-state index in [4.69, 9.17) is 0 Å². The molecule has 10 heavy (non-hydrogen) atoms. The van der Waals surface area contributed by atoms with Crippen LogP contribution in [0.2, 0.25) is 0 Å². The van der Waals surface area contributed by atoms with E-state index in [1.807, 2.05) is 13.8 Å². The highest BCUT2D eigenvalue weighted by Crippen LogP contribution is 2.12. The van der Waals surface area contributed by atoms with Gasteiger partial charge in [-0.1, -0.05) is 6.92 Å². The largest absolute Gasteiger partial charge is 0.298 e. The molecule has 0 aromatic carbocycles. The molecule has 1 nitrogen and oxygen atoms in total. The molecule has 0 N–H and O–H groups in total. The zero-order valence-electron chi connectivity index (χ0n) is 6.46. The Morgan fingerprint density at radius 2 is 2.30 bits per heavy atom. The van der Waals surface area contributed by atoms with Gasteiger partial charge >= 0.3 is 0 Å². The fourth-order valence-corrected chi connectivity index (χ4v) is 1.74. The molecular formula is C7H14OS2. The Morgan fingerprint density at radius 3 is 2.70 bits per heavy atom. The number of thiol groups is 1. The van der Waals surface area contributed by atoms with E-state index in [9.17, 15) is 4.79 Å². The Kier molecular flexibility index (Phi) is 6.33. The van der Waals surface area contributed by atoms with E-state index in [1.54, 1.807) is 11.8 Å². The van der Waals surface area contributed by atoms with Crippen LogP contribution in [0.15, 0.2) is 0 Å². The van der Waals surface area contributed by atoms with E-state index >= 15 is 0 Å². The van der Waals surface area contributed by atoms with Crippen molar-refractivity contribution in [2.75, 3.05) is 11.5 Å². The molecule has 0 heterocycles. The van der Waals surface area contributed by atoms with Gasteiger partial charge in [0.05, 0.1) is 5.25 Å². The Balaban J connectivity index is 3.41. The standard InChI is InChI=1S/C7H14OS2/c1-3-7(8)6(2)10-5-4-9/h6,9H,3-5H2,1-2H3. The van der Waals surface area contributed by atoms with Crippen molar-refractivity contribution in [3.8, 4) is 0 Å². The van der Waals surface area contributed by atoms with Gasteiger partial charge in [-0.15, -0.1) is 0 Å². The molecule has 0 rings (SSSR count). The predicted molar refractivity (Wildman–Crippen MR) is 51.1 cm³/mol. The topological polar surface area (TPSA) is 17.1 Å². The smallest absolute Gasteiger partial charge is 0.145 e. The van der Waals surface area contributed by atoms with Gasteiger partial charge in [-0.2, -0.15) is 24.4 Å². The number of hydrogen-bond donors (Lipinski definition) is 1. The Labute approximate surface area is 72.4 Å². The average molecular weight is 178 g/mol. The van der Waals surface area contributed by atoms with Gasteiger partial charge < -0.3 is 0 Å². The van der Waals surface area contributed by atoms with Gasteiger partial charge in [0, 0.05) is 12.2 Å². The van der Waals surface area contributed by atoms with Crippen molar-refractivity contribution in [3.05, 3.63) is 0 Å². The van der Waals surface area contributed by atoms with Gasteiger partial charge in [-0.05, 0) is 12.7 Å². The molecule has 0 fully saturated rings. The molecule has 0 aliphatic heterocycles. The summed E-state index contributed by atoms with van der Waals surface area (Å²) in [5.41, 5.74) is 0. The zero-order chi connectivity index (χ0) is 7.98. The lowest BCUT2D eigenvalue weighted by atomic mass is 10.2. The summed E-state index contributed by atoms with van der Waals surface area (Å²) in [4.78, 5) is 11.0. The first-order chi connectivity index (χ1) is 4.72. The maximum atomic E-state index is 11.0. The number of Topliss-reactive ketones (excluding diaryl/α,β-unsaturated/α-hetero) is 1. The zero-order valence-corrected chi connectivity index (χ0v) is 8.17. The number of rotatable bonds is 5. The first kappa shape index (κ1) is 10.4. The molecule has 1 unspecified atom stereocenters. The summed E-state index contributed by atoms with van der Waals surface area (Å²) in [6.07, 6.45) is 0.654. The van der Waals surface area contributed by atoms with Crippen LogP contribution in [0.1, 0.15) is 20.3 Å². The van der Waals surface area contributed by atoms with E-state index in [2.05, 4.69) is 12.6 Å². The van der Waals surface area contributed by atoms with Gasteiger partial charge in [0.15, 0.2) is 0 Å². The molecule has 0 amide bonds. The lowest BCUT2D eigenvalue weighted by molar-refractivity contribution is -0.117. The van der Waals surface area contributed by atoms with Crippen molar-refractivity contribution < 1.29 is 4.79 Å². The van der Waals surface area contributed by atoms with Crippen molar-refractivity contribution in [3.63, 3.8) is 0 Å². The molecule has 0 saturated heterocycles. The molecule has 0 aliphatic carbocycles. The fourth-order valence-electron chi connectivity index (χ4n) is 0.610. The second-order valence-electron chi connectivity index (χ2n) is 2.06. The predicted octanol–water partition coefficient (Wildman–Crippen LogP) is 2.02. The molecule has 3 heteroatoms. The van der Waals surface area contributed by atoms with Crippen LogP contribution >= 0.6 is 24.4 Å². The van der Waals surface area contributed by atoms with Gasteiger partial charge in [0.2, 0.25) is 0 Å². The minimum Gasteiger partial charge on any atom is -0.298 e. The molecule has 0 aliphatic rings. The second kappa shape index (κ2) is 6.10. The minimum atomic E-state index is 0.164. The molecule has 0 bridgehead atoms. The lowest BCUT2D eigenvalue weighted by Crippen LogP contribution is -2.12. The number of carbonyl (C=O) groups excluding carboxylic acids is 1.